The molecule has 9 heteroatoms. The molecule has 3 aromatic rings. The van der Waals surface area contributed by atoms with E-state index < -0.39 is 6.10 Å². The summed E-state index contributed by atoms with van der Waals surface area (Å²) in [6.45, 7) is 2.07. The number of nitrogens with zero attached hydrogens (tertiary/aromatic N) is 4. The molecule has 1 fully saturated rings. The maximum atomic E-state index is 12.9. The van der Waals surface area contributed by atoms with E-state index in [0.29, 0.717) is 29.3 Å². The van der Waals surface area contributed by atoms with Crippen molar-refractivity contribution in [3.05, 3.63) is 36.7 Å². The van der Waals surface area contributed by atoms with Crippen LogP contribution in [0.1, 0.15) is 43.1 Å². The zero-order valence-corrected chi connectivity index (χ0v) is 15.7. The van der Waals surface area contributed by atoms with Gasteiger partial charge in [-0.3, -0.25) is 9.36 Å². The van der Waals surface area contributed by atoms with Gasteiger partial charge in [0.05, 0.1) is 29.8 Å². The normalized spacial score (nSPS) is 20.9. The summed E-state index contributed by atoms with van der Waals surface area (Å²) in [4.78, 5) is 28.9. The molecule has 1 amide bonds. The standard InChI is InChI=1S/C19H24N6O3/c1-12(26)10-28-14-4-2-13(3-5-14)22-18(27)17-16-15(6-7-21-16)23-19(24-17)25-9-8-20-11-25/h6-9,11-14,21,26H,2-5,10H2,1H3,(H,22,27). The van der Waals surface area contributed by atoms with Gasteiger partial charge < -0.3 is 20.1 Å². The molecule has 4 rings (SSSR count). The van der Waals surface area contributed by atoms with Gasteiger partial charge >= 0.3 is 0 Å². The van der Waals surface area contributed by atoms with Gasteiger partial charge in [-0.2, -0.15) is 0 Å². The van der Waals surface area contributed by atoms with Gasteiger partial charge in [0.1, 0.15) is 6.33 Å². The lowest BCUT2D eigenvalue weighted by molar-refractivity contribution is -0.0210. The molecular weight excluding hydrogens is 360 g/mol. The summed E-state index contributed by atoms with van der Waals surface area (Å²) in [5.74, 6) is 0.189. The van der Waals surface area contributed by atoms with E-state index in [4.69, 9.17) is 4.74 Å². The number of aromatic amines is 1. The molecule has 0 radical (unpaired) electrons. The summed E-state index contributed by atoms with van der Waals surface area (Å²) in [6, 6.07) is 1.90. The zero-order valence-electron chi connectivity index (χ0n) is 15.7. The van der Waals surface area contributed by atoms with Crippen molar-refractivity contribution < 1.29 is 14.6 Å². The highest BCUT2D eigenvalue weighted by Gasteiger charge is 2.25. The van der Waals surface area contributed by atoms with Gasteiger partial charge in [-0.1, -0.05) is 0 Å². The quantitative estimate of drug-likeness (QED) is 0.594. The first-order valence-corrected chi connectivity index (χ1v) is 9.54. The molecule has 0 saturated heterocycles. The first-order chi connectivity index (χ1) is 13.6. The number of imidazole rings is 1. The Bertz CT molecular complexity index is 928. The van der Waals surface area contributed by atoms with E-state index in [2.05, 4.69) is 25.3 Å². The number of nitrogens with one attached hydrogen (secondary N) is 2. The predicted octanol–water partition coefficient (Wildman–Crippen LogP) is 1.58. The van der Waals surface area contributed by atoms with E-state index in [9.17, 15) is 9.90 Å². The van der Waals surface area contributed by atoms with Crippen LogP contribution in [0, 0.1) is 0 Å². The van der Waals surface area contributed by atoms with Crippen molar-refractivity contribution in [2.24, 2.45) is 0 Å². The lowest BCUT2D eigenvalue weighted by atomic mass is 9.93. The smallest absolute Gasteiger partial charge is 0.272 e. The lowest BCUT2D eigenvalue weighted by Gasteiger charge is -2.29. The van der Waals surface area contributed by atoms with Crippen LogP contribution in [0.3, 0.4) is 0 Å². The van der Waals surface area contributed by atoms with Crippen LogP contribution in [0.15, 0.2) is 31.0 Å². The molecule has 0 aromatic carbocycles. The van der Waals surface area contributed by atoms with E-state index in [1.165, 1.54) is 0 Å². The fourth-order valence-corrected chi connectivity index (χ4v) is 3.49. The topological polar surface area (TPSA) is 118 Å². The number of hydrogen-bond donors (Lipinski definition) is 3. The minimum atomic E-state index is -0.455. The van der Waals surface area contributed by atoms with E-state index >= 15 is 0 Å². The number of aliphatic hydroxyl groups excluding tert-OH is 1. The number of hydrogen-bond acceptors (Lipinski definition) is 6. The van der Waals surface area contributed by atoms with Crippen molar-refractivity contribution in [1.82, 2.24) is 29.8 Å². The van der Waals surface area contributed by atoms with Crippen molar-refractivity contribution >= 4 is 16.9 Å². The highest BCUT2D eigenvalue weighted by Crippen LogP contribution is 2.22. The summed E-state index contributed by atoms with van der Waals surface area (Å²) in [5.41, 5.74) is 1.63. The largest absolute Gasteiger partial charge is 0.391 e. The van der Waals surface area contributed by atoms with Crippen LogP contribution in [0.5, 0.6) is 0 Å². The van der Waals surface area contributed by atoms with Gasteiger partial charge in [0.2, 0.25) is 5.95 Å². The van der Waals surface area contributed by atoms with Crippen LogP contribution in [0.25, 0.3) is 17.0 Å². The Labute approximate surface area is 162 Å². The Balaban J connectivity index is 1.45. The second-order valence-electron chi connectivity index (χ2n) is 7.21. The third kappa shape index (κ3) is 4.05. The summed E-state index contributed by atoms with van der Waals surface area (Å²) in [7, 11) is 0. The number of aliphatic hydroxyl groups is 1. The van der Waals surface area contributed by atoms with Gasteiger partial charge in [0.25, 0.3) is 5.91 Å². The molecular formula is C19H24N6O3. The van der Waals surface area contributed by atoms with E-state index in [1.807, 2.05) is 6.07 Å². The fourth-order valence-electron chi connectivity index (χ4n) is 3.49. The first-order valence-electron chi connectivity index (χ1n) is 9.54. The molecule has 1 saturated carbocycles. The number of aromatic nitrogens is 5. The molecule has 0 spiro atoms. The van der Waals surface area contributed by atoms with Gasteiger partial charge in [0, 0.05) is 24.6 Å². The fraction of sp³-hybridized carbons (Fsp3) is 0.474. The molecule has 148 valence electrons. The number of carbonyl (C=O) groups is 1. The second kappa shape index (κ2) is 8.07. The minimum absolute atomic E-state index is 0.0792. The van der Waals surface area contributed by atoms with Crippen molar-refractivity contribution in [2.45, 2.75) is 50.9 Å². The molecule has 0 bridgehead atoms. The number of fused-ring (bicyclic) bond motifs is 1. The number of rotatable bonds is 6. The third-order valence-electron chi connectivity index (χ3n) is 4.93. The Morgan fingerprint density at radius 3 is 2.93 bits per heavy atom. The average molecular weight is 384 g/mol. The molecule has 1 aliphatic carbocycles. The van der Waals surface area contributed by atoms with Crippen molar-refractivity contribution in [1.29, 1.82) is 0 Å². The summed E-state index contributed by atoms with van der Waals surface area (Å²) in [5, 5.41) is 12.4. The SMILES string of the molecule is CC(O)COC1CCC(NC(=O)c2nc(-n3ccnc3)nc3cc[nH]c23)CC1. The summed E-state index contributed by atoms with van der Waals surface area (Å²) < 4.78 is 7.36. The van der Waals surface area contributed by atoms with Crippen LogP contribution >= 0.6 is 0 Å². The predicted molar refractivity (Wildman–Crippen MR) is 102 cm³/mol. The van der Waals surface area contributed by atoms with Crippen LogP contribution < -0.4 is 5.32 Å². The van der Waals surface area contributed by atoms with Gasteiger partial charge in [-0.25, -0.2) is 15.0 Å². The Kier molecular flexibility index (Phi) is 5.36. The highest BCUT2D eigenvalue weighted by atomic mass is 16.5. The van der Waals surface area contributed by atoms with Crippen molar-refractivity contribution in [3.8, 4) is 5.95 Å². The molecule has 28 heavy (non-hydrogen) atoms. The summed E-state index contributed by atoms with van der Waals surface area (Å²) >= 11 is 0. The molecule has 9 nitrogen and oxygen atoms in total. The van der Waals surface area contributed by atoms with Crippen LogP contribution in [-0.4, -0.2) is 60.4 Å². The summed E-state index contributed by atoms with van der Waals surface area (Å²) in [6.07, 6.45) is 9.81. The number of ether oxygens (including phenoxy) is 1. The van der Waals surface area contributed by atoms with Crippen LogP contribution in [0.2, 0.25) is 0 Å². The zero-order chi connectivity index (χ0) is 19.5. The van der Waals surface area contributed by atoms with Gasteiger partial charge in [-0.05, 0) is 38.7 Å². The molecule has 3 N–H and O–H groups in total. The Morgan fingerprint density at radius 1 is 1.39 bits per heavy atom. The lowest BCUT2D eigenvalue weighted by Crippen LogP contribution is -2.40. The number of amides is 1. The first kappa shape index (κ1) is 18.6. The molecule has 3 heterocycles. The van der Waals surface area contributed by atoms with E-state index in [-0.39, 0.29) is 18.1 Å². The van der Waals surface area contributed by atoms with E-state index in [1.54, 1.807) is 36.4 Å². The number of carbonyl (C=O) groups excluding carboxylic acids is 1. The minimum Gasteiger partial charge on any atom is -0.391 e. The van der Waals surface area contributed by atoms with Gasteiger partial charge in [-0.15, -0.1) is 0 Å². The van der Waals surface area contributed by atoms with E-state index in [0.717, 1.165) is 25.7 Å². The molecule has 1 atom stereocenters. The average Bonchev–Trinajstić information content (AvgIpc) is 3.38. The molecule has 1 unspecified atom stereocenters. The third-order valence-corrected chi connectivity index (χ3v) is 4.93. The van der Waals surface area contributed by atoms with Gasteiger partial charge in [0.15, 0.2) is 5.69 Å². The molecule has 3 aromatic heterocycles. The highest BCUT2D eigenvalue weighted by molar-refractivity contribution is 6.03. The van der Waals surface area contributed by atoms with Crippen LogP contribution in [0.4, 0.5) is 0 Å². The molecule has 1 aliphatic rings. The Morgan fingerprint density at radius 2 is 2.21 bits per heavy atom. The maximum absolute atomic E-state index is 12.9. The Hall–Kier alpha value is -2.78. The number of H-pyrrole nitrogens is 1. The van der Waals surface area contributed by atoms with Crippen molar-refractivity contribution in [3.63, 3.8) is 0 Å². The van der Waals surface area contributed by atoms with Crippen LogP contribution in [-0.2, 0) is 4.74 Å². The second-order valence-corrected chi connectivity index (χ2v) is 7.21. The van der Waals surface area contributed by atoms with Crippen molar-refractivity contribution in [2.75, 3.05) is 6.61 Å². The maximum Gasteiger partial charge on any atom is 0.272 e. The molecule has 0 aliphatic heterocycles. The monoisotopic (exact) mass is 384 g/mol.